The van der Waals surface area contributed by atoms with E-state index >= 15 is 0 Å². The van der Waals surface area contributed by atoms with Gasteiger partial charge in [0.2, 0.25) is 0 Å². The lowest BCUT2D eigenvalue weighted by atomic mass is 10.2. The van der Waals surface area contributed by atoms with Gasteiger partial charge in [-0.1, -0.05) is 6.07 Å². The number of benzene rings is 1. The lowest BCUT2D eigenvalue weighted by Crippen LogP contribution is -2.38. The molecule has 1 aromatic carbocycles. The molecule has 22 heavy (non-hydrogen) atoms. The van der Waals surface area contributed by atoms with Crippen molar-refractivity contribution >= 4 is 29.9 Å². The van der Waals surface area contributed by atoms with Gasteiger partial charge in [0, 0.05) is 33.7 Å². The molecule has 0 saturated heterocycles. The molecule has 0 atom stereocenters. The number of nitrogens with zero attached hydrogens (tertiary/aromatic N) is 1. The smallest absolute Gasteiger partial charge is 0.191 e. The first-order valence-electron chi connectivity index (χ1n) is 7.15. The topological polar surface area (TPSA) is 64.1 Å². The molecule has 0 amide bonds. The summed E-state index contributed by atoms with van der Waals surface area (Å²) in [6.45, 7) is 3.44. The molecule has 0 unspecified atom stereocenters. The van der Waals surface area contributed by atoms with Crippen LogP contribution in [0.25, 0.3) is 0 Å². The van der Waals surface area contributed by atoms with Crippen LogP contribution in [0.2, 0.25) is 0 Å². The molecule has 0 saturated carbocycles. The minimum absolute atomic E-state index is 0. The SMILES string of the molecule is CN=C(NCCOC)NCc1ccc2c(c1)OCCCO2.I. The molecule has 124 valence electrons. The molecule has 0 aromatic heterocycles. The third kappa shape index (κ3) is 5.88. The van der Waals surface area contributed by atoms with E-state index in [2.05, 4.69) is 15.6 Å². The molecule has 0 aliphatic carbocycles. The largest absolute Gasteiger partial charge is 0.490 e. The fourth-order valence-electron chi connectivity index (χ4n) is 2.00. The second-order valence-electron chi connectivity index (χ2n) is 4.68. The van der Waals surface area contributed by atoms with Crippen molar-refractivity contribution in [3.8, 4) is 11.5 Å². The second-order valence-corrected chi connectivity index (χ2v) is 4.68. The predicted molar refractivity (Wildman–Crippen MR) is 97.5 cm³/mol. The van der Waals surface area contributed by atoms with Crippen LogP contribution in [-0.2, 0) is 11.3 Å². The van der Waals surface area contributed by atoms with Gasteiger partial charge in [-0.25, -0.2) is 0 Å². The Morgan fingerprint density at radius 1 is 1.23 bits per heavy atom. The number of halogens is 1. The molecular formula is C15H24IN3O3. The van der Waals surface area contributed by atoms with Crippen LogP contribution in [0.5, 0.6) is 11.5 Å². The molecule has 6 nitrogen and oxygen atoms in total. The van der Waals surface area contributed by atoms with Crippen molar-refractivity contribution < 1.29 is 14.2 Å². The first kappa shape index (κ1) is 18.8. The normalized spacial score (nSPS) is 13.8. The Hall–Kier alpha value is -1.22. The average Bonchev–Trinajstić information content (AvgIpc) is 2.75. The molecule has 1 aliphatic rings. The lowest BCUT2D eigenvalue weighted by molar-refractivity contribution is 0.203. The van der Waals surface area contributed by atoms with Crippen LogP contribution in [0.4, 0.5) is 0 Å². The van der Waals surface area contributed by atoms with Gasteiger partial charge in [0.05, 0.1) is 19.8 Å². The van der Waals surface area contributed by atoms with Crippen LogP contribution in [-0.4, -0.2) is 46.5 Å². The quantitative estimate of drug-likeness (QED) is 0.329. The molecule has 0 spiro atoms. The number of hydrogen-bond donors (Lipinski definition) is 2. The Balaban J connectivity index is 0.00000242. The first-order chi connectivity index (χ1) is 10.3. The minimum atomic E-state index is 0. The van der Waals surface area contributed by atoms with Crippen molar-refractivity contribution in [1.82, 2.24) is 10.6 Å². The number of aliphatic imine (C=N–C) groups is 1. The van der Waals surface area contributed by atoms with Gasteiger partial charge in [0.1, 0.15) is 0 Å². The Morgan fingerprint density at radius 2 is 2.00 bits per heavy atom. The number of guanidine groups is 1. The lowest BCUT2D eigenvalue weighted by Gasteiger charge is -2.13. The highest BCUT2D eigenvalue weighted by Crippen LogP contribution is 2.30. The molecule has 0 fully saturated rings. The monoisotopic (exact) mass is 421 g/mol. The number of nitrogens with one attached hydrogen (secondary N) is 2. The van der Waals surface area contributed by atoms with Gasteiger partial charge in [-0.15, -0.1) is 24.0 Å². The standard InChI is InChI=1S/C15H23N3O3.HI/c1-16-15(17-6-9-19-2)18-11-12-4-5-13-14(10-12)21-8-3-7-20-13;/h4-5,10H,3,6-9,11H2,1-2H3,(H2,16,17,18);1H. The van der Waals surface area contributed by atoms with Gasteiger partial charge in [-0.2, -0.15) is 0 Å². The van der Waals surface area contributed by atoms with Gasteiger partial charge in [-0.3, -0.25) is 4.99 Å². The van der Waals surface area contributed by atoms with Crippen LogP contribution < -0.4 is 20.1 Å². The van der Waals surface area contributed by atoms with Crippen molar-refractivity contribution in [3.63, 3.8) is 0 Å². The maximum absolute atomic E-state index is 5.69. The number of ether oxygens (including phenoxy) is 3. The summed E-state index contributed by atoms with van der Waals surface area (Å²) in [5.41, 5.74) is 1.12. The maximum Gasteiger partial charge on any atom is 0.191 e. The highest BCUT2D eigenvalue weighted by atomic mass is 127. The number of methoxy groups -OCH3 is 1. The van der Waals surface area contributed by atoms with Gasteiger partial charge >= 0.3 is 0 Å². The Morgan fingerprint density at radius 3 is 2.73 bits per heavy atom. The number of fused-ring (bicyclic) bond motifs is 1. The van der Waals surface area contributed by atoms with E-state index in [1.165, 1.54) is 0 Å². The van der Waals surface area contributed by atoms with Crippen LogP contribution in [0, 0.1) is 0 Å². The Labute approximate surface area is 148 Å². The fraction of sp³-hybridized carbons (Fsp3) is 0.533. The number of hydrogen-bond acceptors (Lipinski definition) is 4. The van der Waals surface area contributed by atoms with E-state index in [0.29, 0.717) is 26.4 Å². The first-order valence-corrected chi connectivity index (χ1v) is 7.15. The second kappa shape index (κ2) is 10.5. The molecule has 7 heteroatoms. The minimum Gasteiger partial charge on any atom is -0.490 e. The molecule has 1 aliphatic heterocycles. The van der Waals surface area contributed by atoms with Gasteiger partial charge in [0.15, 0.2) is 17.5 Å². The fourth-order valence-corrected chi connectivity index (χ4v) is 2.00. The van der Waals surface area contributed by atoms with E-state index in [9.17, 15) is 0 Å². The van der Waals surface area contributed by atoms with Gasteiger partial charge in [-0.05, 0) is 17.7 Å². The van der Waals surface area contributed by atoms with E-state index < -0.39 is 0 Å². The molecule has 0 bridgehead atoms. The maximum atomic E-state index is 5.69. The van der Waals surface area contributed by atoms with Crippen molar-refractivity contribution in [1.29, 1.82) is 0 Å². The Kier molecular flexibility index (Phi) is 8.98. The summed E-state index contributed by atoms with van der Waals surface area (Å²) >= 11 is 0. The van der Waals surface area contributed by atoms with E-state index in [0.717, 1.165) is 36.0 Å². The van der Waals surface area contributed by atoms with Crippen LogP contribution in [0.15, 0.2) is 23.2 Å². The van der Waals surface area contributed by atoms with E-state index in [4.69, 9.17) is 14.2 Å². The third-order valence-corrected chi connectivity index (χ3v) is 3.09. The number of rotatable bonds is 5. The summed E-state index contributed by atoms with van der Waals surface area (Å²) in [5.74, 6) is 2.38. The zero-order chi connectivity index (χ0) is 14.9. The molecule has 2 rings (SSSR count). The van der Waals surface area contributed by atoms with Crippen molar-refractivity contribution in [3.05, 3.63) is 23.8 Å². The highest BCUT2D eigenvalue weighted by Gasteiger charge is 2.10. The predicted octanol–water partition coefficient (Wildman–Crippen LogP) is 1.78. The van der Waals surface area contributed by atoms with E-state index in [-0.39, 0.29) is 24.0 Å². The molecule has 2 N–H and O–H groups in total. The van der Waals surface area contributed by atoms with E-state index in [1.54, 1.807) is 14.2 Å². The van der Waals surface area contributed by atoms with Crippen molar-refractivity contribution in [2.45, 2.75) is 13.0 Å². The summed E-state index contributed by atoms with van der Waals surface area (Å²) in [4.78, 5) is 4.16. The molecule has 1 aromatic rings. The van der Waals surface area contributed by atoms with Crippen LogP contribution in [0.3, 0.4) is 0 Å². The van der Waals surface area contributed by atoms with Crippen LogP contribution >= 0.6 is 24.0 Å². The van der Waals surface area contributed by atoms with Gasteiger partial charge < -0.3 is 24.8 Å². The summed E-state index contributed by atoms with van der Waals surface area (Å²) in [7, 11) is 3.42. The summed E-state index contributed by atoms with van der Waals surface area (Å²) in [6.07, 6.45) is 0.915. The van der Waals surface area contributed by atoms with E-state index in [1.807, 2.05) is 18.2 Å². The zero-order valence-corrected chi connectivity index (χ0v) is 15.4. The van der Waals surface area contributed by atoms with Crippen LogP contribution in [0.1, 0.15) is 12.0 Å². The summed E-state index contributed by atoms with van der Waals surface area (Å²) in [5, 5.41) is 6.42. The molecule has 0 radical (unpaired) electrons. The van der Waals surface area contributed by atoms with Crippen molar-refractivity contribution in [2.75, 3.05) is 40.5 Å². The molecular weight excluding hydrogens is 397 g/mol. The Bertz CT molecular complexity index is 483. The van der Waals surface area contributed by atoms with Gasteiger partial charge in [0.25, 0.3) is 0 Å². The van der Waals surface area contributed by atoms with Crippen molar-refractivity contribution in [2.24, 2.45) is 4.99 Å². The average molecular weight is 421 g/mol. The third-order valence-electron chi connectivity index (χ3n) is 3.09. The summed E-state index contributed by atoms with van der Waals surface area (Å²) < 4.78 is 16.3. The molecule has 1 heterocycles. The zero-order valence-electron chi connectivity index (χ0n) is 13.1. The highest BCUT2D eigenvalue weighted by molar-refractivity contribution is 14.0. The summed E-state index contributed by atoms with van der Waals surface area (Å²) in [6, 6.07) is 6.00.